The van der Waals surface area contributed by atoms with Gasteiger partial charge < -0.3 is 14.7 Å². The van der Waals surface area contributed by atoms with Crippen molar-refractivity contribution < 1.29 is 14.6 Å². The smallest absolute Gasteiger partial charge is 0.410 e. The van der Waals surface area contributed by atoms with E-state index in [1.807, 2.05) is 32.9 Å². The summed E-state index contributed by atoms with van der Waals surface area (Å²) < 4.78 is 5.40. The lowest BCUT2D eigenvalue weighted by Gasteiger charge is -2.38. The number of aliphatic hydroxyl groups is 1. The predicted molar refractivity (Wildman–Crippen MR) is 89.3 cm³/mol. The number of rotatable bonds is 3. The maximum Gasteiger partial charge on any atom is 0.410 e. The zero-order chi connectivity index (χ0) is 17.1. The Kier molecular flexibility index (Phi) is 5.30. The minimum absolute atomic E-state index is 0.296. The van der Waals surface area contributed by atoms with Gasteiger partial charge in [-0.3, -0.25) is 4.98 Å². The van der Waals surface area contributed by atoms with Crippen molar-refractivity contribution in [3.8, 4) is 0 Å². The Morgan fingerprint density at radius 2 is 2.04 bits per heavy atom. The van der Waals surface area contributed by atoms with Gasteiger partial charge in [0.1, 0.15) is 5.60 Å². The second-order valence-electron chi connectivity index (χ2n) is 7.33. The van der Waals surface area contributed by atoms with Crippen molar-refractivity contribution in [3.63, 3.8) is 0 Å². The summed E-state index contributed by atoms with van der Waals surface area (Å²) in [5.74, 6) is 0. The van der Waals surface area contributed by atoms with E-state index >= 15 is 0 Å². The molecule has 0 saturated carbocycles. The van der Waals surface area contributed by atoms with E-state index in [-0.39, 0.29) is 6.09 Å². The van der Waals surface area contributed by atoms with Crippen molar-refractivity contribution in [2.45, 2.75) is 64.6 Å². The van der Waals surface area contributed by atoms with Gasteiger partial charge in [-0.25, -0.2) is 4.79 Å². The van der Waals surface area contributed by atoms with Crippen LogP contribution in [0.1, 0.15) is 51.8 Å². The van der Waals surface area contributed by atoms with Gasteiger partial charge in [-0.15, -0.1) is 0 Å². The van der Waals surface area contributed by atoms with Crippen molar-refractivity contribution in [2.75, 3.05) is 13.1 Å². The number of nitrogens with zero attached hydrogens (tertiary/aromatic N) is 2. The molecule has 1 saturated heterocycles. The number of likely N-dealkylation sites (tertiary alicyclic amines) is 1. The summed E-state index contributed by atoms with van der Waals surface area (Å²) in [7, 11) is 0. The highest BCUT2D eigenvalue weighted by Gasteiger charge is 2.35. The molecule has 0 aliphatic carbocycles. The fraction of sp³-hybridized carbons (Fsp3) is 0.667. The molecule has 1 aromatic rings. The van der Waals surface area contributed by atoms with E-state index in [1.54, 1.807) is 11.1 Å². The number of amides is 1. The number of aromatic nitrogens is 1. The molecule has 0 radical (unpaired) electrons. The molecule has 23 heavy (non-hydrogen) atoms. The Labute approximate surface area is 138 Å². The van der Waals surface area contributed by atoms with Gasteiger partial charge >= 0.3 is 6.09 Å². The van der Waals surface area contributed by atoms with Gasteiger partial charge in [0, 0.05) is 31.4 Å². The number of pyridine rings is 1. The van der Waals surface area contributed by atoms with Gasteiger partial charge in [0.2, 0.25) is 0 Å². The van der Waals surface area contributed by atoms with Gasteiger partial charge in [0.05, 0.1) is 5.60 Å². The second-order valence-corrected chi connectivity index (χ2v) is 7.33. The zero-order valence-electron chi connectivity index (χ0n) is 14.6. The summed E-state index contributed by atoms with van der Waals surface area (Å²) in [6, 6.07) is 3.94. The lowest BCUT2D eigenvalue weighted by Crippen LogP contribution is -2.49. The fourth-order valence-corrected chi connectivity index (χ4v) is 2.91. The number of ether oxygens (including phenoxy) is 1. The molecule has 2 heterocycles. The van der Waals surface area contributed by atoms with Crippen molar-refractivity contribution in [1.82, 2.24) is 9.88 Å². The summed E-state index contributed by atoms with van der Waals surface area (Å²) in [6.07, 6.45) is 4.06. The molecule has 1 N–H and O–H groups in total. The maximum atomic E-state index is 12.1. The van der Waals surface area contributed by atoms with Crippen molar-refractivity contribution in [2.24, 2.45) is 0 Å². The Morgan fingerprint density at radius 1 is 1.39 bits per heavy atom. The molecule has 1 fully saturated rings. The van der Waals surface area contributed by atoms with E-state index in [4.69, 9.17) is 4.74 Å². The monoisotopic (exact) mass is 320 g/mol. The topological polar surface area (TPSA) is 62.7 Å². The zero-order valence-corrected chi connectivity index (χ0v) is 14.6. The molecule has 0 atom stereocenters. The van der Waals surface area contributed by atoms with E-state index in [2.05, 4.69) is 11.9 Å². The molecular formula is C18H28N2O3. The molecule has 1 aliphatic rings. The van der Waals surface area contributed by atoms with Crippen LogP contribution in [0.5, 0.6) is 0 Å². The Bertz CT molecular complexity index is 543. The van der Waals surface area contributed by atoms with Crippen LogP contribution in [0, 0.1) is 0 Å². The first-order chi connectivity index (χ1) is 10.7. The van der Waals surface area contributed by atoms with E-state index in [0.717, 1.165) is 17.7 Å². The Morgan fingerprint density at radius 3 is 2.61 bits per heavy atom. The van der Waals surface area contributed by atoms with Gasteiger partial charge in [0.25, 0.3) is 0 Å². The van der Waals surface area contributed by atoms with Crippen LogP contribution >= 0.6 is 0 Å². The minimum atomic E-state index is -0.772. The summed E-state index contributed by atoms with van der Waals surface area (Å²) in [5.41, 5.74) is 0.876. The number of hydrogen-bond acceptors (Lipinski definition) is 4. The van der Waals surface area contributed by atoms with Gasteiger partial charge in [-0.1, -0.05) is 13.0 Å². The lowest BCUT2D eigenvalue weighted by atomic mass is 9.85. The van der Waals surface area contributed by atoms with E-state index in [1.165, 1.54) is 0 Å². The first-order valence-corrected chi connectivity index (χ1v) is 8.35. The van der Waals surface area contributed by atoms with Crippen molar-refractivity contribution >= 4 is 6.09 Å². The molecule has 5 heteroatoms. The van der Waals surface area contributed by atoms with Crippen molar-refractivity contribution in [1.29, 1.82) is 0 Å². The van der Waals surface area contributed by atoms with E-state index in [0.29, 0.717) is 32.4 Å². The molecule has 0 bridgehead atoms. The van der Waals surface area contributed by atoms with Crippen LogP contribution in [-0.2, 0) is 17.6 Å². The quantitative estimate of drug-likeness (QED) is 0.930. The van der Waals surface area contributed by atoms with Crippen LogP contribution in [0.25, 0.3) is 0 Å². The molecular weight excluding hydrogens is 292 g/mol. The Balaban J connectivity index is 1.96. The van der Waals surface area contributed by atoms with Gasteiger partial charge in [-0.2, -0.15) is 0 Å². The largest absolute Gasteiger partial charge is 0.444 e. The summed E-state index contributed by atoms with van der Waals surface area (Å²) in [4.78, 5) is 18.2. The fourth-order valence-electron chi connectivity index (χ4n) is 2.91. The number of carbonyl (C=O) groups excluding carboxylic acids is 1. The first-order valence-electron chi connectivity index (χ1n) is 8.35. The maximum absolute atomic E-state index is 12.1. The van der Waals surface area contributed by atoms with Gasteiger partial charge in [0.15, 0.2) is 0 Å². The number of hydrogen-bond donors (Lipinski definition) is 1. The molecule has 5 nitrogen and oxygen atoms in total. The third kappa shape index (κ3) is 4.93. The average molecular weight is 320 g/mol. The summed E-state index contributed by atoms with van der Waals surface area (Å²) in [6.45, 7) is 8.70. The van der Waals surface area contributed by atoms with Gasteiger partial charge in [-0.05, 0) is 51.7 Å². The van der Waals surface area contributed by atoms with Crippen LogP contribution in [0.3, 0.4) is 0 Å². The first kappa shape index (κ1) is 17.7. The molecule has 0 unspecified atom stereocenters. The third-order valence-corrected chi connectivity index (χ3v) is 4.18. The third-order valence-electron chi connectivity index (χ3n) is 4.18. The van der Waals surface area contributed by atoms with E-state index in [9.17, 15) is 9.90 Å². The lowest BCUT2D eigenvalue weighted by molar-refractivity contribution is -0.0316. The van der Waals surface area contributed by atoms with Crippen molar-refractivity contribution in [3.05, 3.63) is 29.6 Å². The van der Waals surface area contributed by atoms with Crippen LogP contribution in [0.2, 0.25) is 0 Å². The molecule has 1 aromatic heterocycles. The summed E-state index contributed by atoms with van der Waals surface area (Å²) in [5, 5.41) is 10.9. The predicted octanol–water partition coefficient (Wildman–Crippen LogP) is 2.95. The van der Waals surface area contributed by atoms with Crippen LogP contribution in [-0.4, -0.2) is 45.4 Å². The standard InChI is InChI=1S/C18H28N2O3/c1-5-15-14(7-6-10-19-15)13-18(22)8-11-20(12-9-18)16(21)23-17(2,3)4/h6-7,10,22H,5,8-9,11-13H2,1-4H3. The highest BCUT2D eigenvalue weighted by Crippen LogP contribution is 2.28. The highest BCUT2D eigenvalue weighted by molar-refractivity contribution is 5.68. The molecule has 1 aliphatic heterocycles. The number of carbonyl (C=O) groups is 1. The molecule has 0 spiro atoms. The Hall–Kier alpha value is -1.62. The van der Waals surface area contributed by atoms with Crippen LogP contribution < -0.4 is 0 Å². The summed E-state index contributed by atoms with van der Waals surface area (Å²) >= 11 is 0. The normalized spacial score (nSPS) is 17.9. The highest BCUT2D eigenvalue weighted by atomic mass is 16.6. The minimum Gasteiger partial charge on any atom is -0.444 e. The molecule has 1 amide bonds. The van der Waals surface area contributed by atoms with Crippen LogP contribution in [0.15, 0.2) is 18.3 Å². The number of piperidine rings is 1. The second kappa shape index (κ2) is 6.87. The SMILES string of the molecule is CCc1ncccc1CC1(O)CCN(C(=O)OC(C)(C)C)CC1. The van der Waals surface area contributed by atoms with Crippen LogP contribution in [0.4, 0.5) is 4.79 Å². The molecule has 2 rings (SSSR count). The molecule has 0 aromatic carbocycles. The molecule has 128 valence electrons. The average Bonchev–Trinajstić information content (AvgIpc) is 2.46. The number of aryl methyl sites for hydroxylation is 1. The van der Waals surface area contributed by atoms with E-state index < -0.39 is 11.2 Å².